The average molecular weight is 228 g/mol. The van der Waals surface area contributed by atoms with Crippen molar-refractivity contribution >= 4 is 18.4 Å². The van der Waals surface area contributed by atoms with Gasteiger partial charge >= 0.3 is 5.97 Å². The summed E-state index contributed by atoms with van der Waals surface area (Å²) >= 11 is 0. The lowest BCUT2D eigenvalue weighted by Gasteiger charge is -2.01. The second kappa shape index (κ2) is 4.64. The van der Waals surface area contributed by atoms with E-state index in [1.54, 1.807) is 0 Å². The Hall–Kier alpha value is -1.06. The smallest absolute Gasteiger partial charge is 0.307 e. The van der Waals surface area contributed by atoms with E-state index >= 15 is 0 Å². The Morgan fingerprint density at radius 2 is 2.27 bits per heavy atom. The van der Waals surface area contributed by atoms with E-state index in [1.807, 2.05) is 24.3 Å². The summed E-state index contributed by atoms with van der Waals surface area (Å²) in [6.07, 6.45) is 0.767. The summed E-state index contributed by atoms with van der Waals surface area (Å²) in [5.74, 6) is -0.657. The Bertz CT molecular complexity index is 367. The van der Waals surface area contributed by atoms with Gasteiger partial charge in [-0.15, -0.1) is 12.4 Å². The van der Waals surface area contributed by atoms with E-state index < -0.39 is 5.97 Å². The third-order valence-corrected chi connectivity index (χ3v) is 2.72. The summed E-state index contributed by atoms with van der Waals surface area (Å²) in [5.41, 5.74) is 7.70. The van der Waals surface area contributed by atoms with Crippen LogP contribution < -0.4 is 5.73 Å². The maximum atomic E-state index is 10.7. The molecule has 0 saturated heterocycles. The molecule has 82 valence electrons. The zero-order valence-electron chi connectivity index (χ0n) is 8.22. The highest BCUT2D eigenvalue weighted by Gasteiger charge is 2.44. The molecule has 2 atom stereocenters. The second-order valence-electron chi connectivity index (χ2n) is 3.74. The number of nitrogens with two attached hydrogens (primary N) is 1. The molecule has 0 heterocycles. The third-order valence-electron chi connectivity index (χ3n) is 2.72. The summed E-state index contributed by atoms with van der Waals surface area (Å²) in [4.78, 5) is 10.7. The average Bonchev–Trinajstić information content (AvgIpc) is 2.97. The maximum absolute atomic E-state index is 10.7. The molecule has 15 heavy (non-hydrogen) atoms. The first kappa shape index (κ1) is 12.0. The molecule has 0 radical (unpaired) electrons. The molecule has 0 amide bonds. The van der Waals surface area contributed by atoms with Crippen LogP contribution in [-0.4, -0.2) is 11.1 Å². The number of halogens is 1. The van der Waals surface area contributed by atoms with Crippen LogP contribution >= 0.6 is 12.4 Å². The van der Waals surface area contributed by atoms with Gasteiger partial charge in [-0.3, -0.25) is 4.79 Å². The first-order chi connectivity index (χ1) is 6.72. The molecular formula is C11H14ClNO2. The van der Waals surface area contributed by atoms with E-state index in [4.69, 9.17) is 10.8 Å². The molecule has 3 nitrogen and oxygen atoms in total. The zero-order valence-corrected chi connectivity index (χ0v) is 9.04. The van der Waals surface area contributed by atoms with E-state index in [1.165, 1.54) is 0 Å². The number of hydrogen-bond donors (Lipinski definition) is 2. The lowest BCUT2D eigenvalue weighted by Crippen LogP contribution is -2.00. The zero-order chi connectivity index (χ0) is 10.1. The topological polar surface area (TPSA) is 63.3 Å². The van der Waals surface area contributed by atoms with Gasteiger partial charge in [0, 0.05) is 6.54 Å². The Morgan fingerprint density at radius 3 is 2.80 bits per heavy atom. The Kier molecular flexibility index (Phi) is 3.72. The van der Waals surface area contributed by atoms with Crippen LogP contribution in [0.2, 0.25) is 0 Å². The van der Waals surface area contributed by atoms with E-state index in [0.29, 0.717) is 6.54 Å². The molecule has 1 aromatic rings. The Labute approximate surface area is 94.7 Å². The van der Waals surface area contributed by atoms with Gasteiger partial charge in [-0.2, -0.15) is 0 Å². The van der Waals surface area contributed by atoms with Crippen molar-refractivity contribution in [1.29, 1.82) is 0 Å². The molecule has 2 rings (SSSR count). The van der Waals surface area contributed by atoms with Gasteiger partial charge in [-0.25, -0.2) is 0 Å². The predicted octanol–water partition coefficient (Wildman–Crippen LogP) is 1.76. The van der Waals surface area contributed by atoms with Gasteiger partial charge in [0.05, 0.1) is 5.92 Å². The third kappa shape index (κ3) is 2.49. The highest BCUT2D eigenvalue weighted by molar-refractivity contribution is 5.85. The molecule has 1 fully saturated rings. The lowest BCUT2D eigenvalue weighted by atomic mass is 10.1. The SMILES string of the molecule is Cl.NCc1cccc([C@@H]2C[C@H]2C(=O)O)c1. The number of rotatable bonds is 3. The molecular weight excluding hydrogens is 214 g/mol. The minimum absolute atomic E-state index is 0. The molecule has 0 bridgehead atoms. The minimum Gasteiger partial charge on any atom is -0.481 e. The van der Waals surface area contributed by atoms with Crippen molar-refractivity contribution in [3.8, 4) is 0 Å². The highest BCUT2D eigenvalue weighted by Crippen LogP contribution is 2.47. The molecule has 0 aromatic heterocycles. The van der Waals surface area contributed by atoms with E-state index in [9.17, 15) is 4.79 Å². The fourth-order valence-electron chi connectivity index (χ4n) is 1.79. The number of hydrogen-bond acceptors (Lipinski definition) is 2. The van der Waals surface area contributed by atoms with Gasteiger partial charge in [0.2, 0.25) is 0 Å². The molecule has 1 aliphatic rings. The second-order valence-corrected chi connectivity index (χ2v) is 3.74. The summed E-state index contributed by atoms with van der Waals surface area (Å²) in [7, 11) is 0. The molecule has 0 unspecified atom stereocenters. The number of benzene rings is 1. The summed E-state index contributed by atoms with van der Waals surface area (Å²) in [6, 6.07) is 7.89. The van der Waals surface area contributed by atoms with Crippen LogP contribution in [-0.2, 0) is 11.3 Å². The van der Waals surface area contributed by atoms with Gasteiger partial charge in [-0.05, 0) is 23.5 Å². The van der Waals surface area contributed by atoms with E-state index in [-0.39, 0.29) is 24.2 Å². The van der Waals surface area contributed by atoms with Crippen molar-refractivity contribution in [3.63, 3.8) is 0 Å². The largest absolute Gasteiger partial charge is 0.481 e. The quantitative estimate of drug-likeness (QED) is 0.827. The van der Waals surface area contributed by atoms with Crippen molar-refractivity contribution in [3.05, 3.63) is 35.4 Å². The molecule has 0 spiro atoms. The van der Waals surface area contributed by atoms with Crippen LogP contribution in [0.4, 0.5) is 0 Å². The molecule has 1 saturated carbocycles. The lowest BCUT2D eigenvalue weighted by molar-refractivity contribution is -0.138. The van der Waals surface area contributed by atoms with Crippen LogP contribution in [0.5, 0.6) is 0 Å². The molecule has 1 aliphatic carbocycles. The van der Waals surface area contributed by atoms with Crippen molar-refractivity contribution in [2.45, 2.75) is 18.9 Å². The van der Waals surface area contributed by atoms with Crippen molar-refractivity contribution in [2.24, 2.45) is 11.7 Å². The van der Waals surface area contributed by atoms with Crippen LogP contribution in [0, 0.1) is 5.92 Å². The normalized spacial score (nSPS) is 23.0. The standard InChI is InChI=1S/C11H13NO2.ClH/c12-6-7-2-1-3-8(4-7)9-5-10(9)11(13)14;/h1-4,9-10H,5-6,12H2,(H,13,14);1H/t9-,10+;/m0./s1. The van der Waals surface area contributed by atoms with Crippen LogP contribution in [0.3, 0.4) is 0 Å². The number of carboxylic acid groups (broad SMARTS) is 1. The Morgan fingerprint density at radius 1 is 1.53 bits per heavy atom. The monoisotopic (exact) mass is 227 g/mol. The van der Waals surface area contributed by atoms with Gasteiger partial charge in [0.15, 0.2) is 0 Å². The van der Waals surface area contributed by atoms with Crippen LogP contribution in [0.1, 0.15) is 23.5 Å². The number of carbonyl (C=O) groups is 1. The first-order valence-corrected chi connectivity index (χ1v) is 4.74. The fraction of sp³-hybridized carbons (Fsp3) is 0.364. The summed E-state index contributed by atoms with van der Waals surface area (Å²) in [6.45, 7) is 0.512. The molecule has 0 aliphatic heterocycles. The van der Waals surface area contributed by atoms with Gasteiger partial charge in [-0.1, -0.05) is 24.3 Å². The van der Waals surface area contributed by atoms with E-state index in [0.717, 1.165) is 17.5 Å². The summed E-state index contributed by atoms with van der Waals surface area (Å²) in [5, 5.41) is 8.79. The Balaban J connectivity index is 0.00000112. The van der Waals surface area contributed by atoms with Crippen molar-refractivity contribution < 1.29 is 9.90 Å². The van der Waals surface area contributed by atoms with Gasteiger partial charge < -0.3 is 10.8 Å². The van der Waals surface area contributed by atoms with Crippen molar-refractivity contribution in [1.82, 2.24) is 0 Å². The highest BCUT2D eigenvalue weighted by atomic mass is 35.5. The molecule has 3 N–H and O–H groups in total. The maximum Gasteiger partial charge on any atom is 0.307 e. The van der Waals surface area contributed by atoms with Gasteiger partial charge in [0.1, 0.15) is 0 Å². The van der Waals surface area contributed by atoms with Crippen LogP contribution in [0.25, 0.3) is 0 Å². The molecule has 1 aromatic carbocycles. The van der Waals surface area contributed by atoms with Crippen molar-refractivity contribution in [2.75, 3.05) is 0 Å². The predicted molar refractivity (Wildman–Crippen MR) is 60.1 cm³/mol. The molecule has 4 heteroatoms. The van der Waals surface area contributed by atoms with Gasteiger partial charge in [0.25, 0.3) is 0 Å². The minimum atomic E-state index is -0.687. The number of aliphatic carboxylic acids is 1. The number of carboxylic acids is 1. The fourth-order valence-corrected chi connectivity index (χ4v) is 1.79. The van der Waals surface area contributed by atoms with E-state index in [2.05, 4.69) is 0 Å². The van der Waals surface area contributed by atoms with Crippen LogP contribution in [0.15, 0.2) is 24.3 Å². The first-order valence-electron chi connectivity index (χ1n) is 4.74. The summed E-state index contributed by atoms with van der Waals surface area (Å²) < 4.78 is 0.